The highest BCUT2D eigenvalue weighted by Gasteiger charge is 2.22. The molecule has 2 atom stereocenters. The standard InChI is InChI=1S/C30H32F3N5O2S/c1-17(2)26-10-21(9-22-13-35-30(37-29(22)26)36-25-12-24(32)14-34-15-25)19-5-7-28(27(33)11-19)38-41(39,40)16-20-4-6-23(31)8-18(20)3/h4-11,13,17,24-25,34,38H,12,14-16H2,1-3H3,(H,35,36,37)/t24-,25-/m0/s1. The zero-order valence-corrected chi connectivity index (χ0v) is 23.8. The van der Waals surface area contributed by atoms with Gasteiger partial charge in [-0.25, -0.2) is 31.6 Å². The highest BCUT2D eigenvalue weighted by atomic mass is 32.2. The van der Waals surface area contributed by atoms with Crippen LogP contribution >= 0.6 is 0 Å². The Morgan fingerprint density at radius 2 is 1.85 bits per heavy atom. The van der Waals surface area contributed by atoms with Crippen molar-refractivity contribution >= 4 is 32.6 Å². The van der Waals surface area contributed by atoms with E-state index in [0.29, 0.717) is 42.1 Å². The Labute approximate surface area is 237 Å². The van der Waals surface area contributed by atoms with Crippen LogP contribution in [0.5, 0.6) is 0 Å². The molecule has 0 amide bonds. The van der Waals surface area contributed by atoms with E-state index >= 15 is 4.39 Å². The fourth-order valence-corrected chi connectivity index (χ4v) is 6.34. The molecule has 4 aromatic rings. The molecule has 1 aromatic heterocycles. The Kier molecular flexibility index (Phi) is 8.19. The van der Waals surface area contributed by atoms with Crippen molar-refractivity contribution in [1.29, 1.82) is 0 Å². The summed E-state index contributed by atoms with van der Waals surface area (Å²) in [5, 5.41) is 7.05. The number of anilines is 2. The first-order chi connectivity index (χ1) is 19.5. The highest BCUT2D eigenvalue weighted by Crippen LogP contribution is 2.33. The van der Waals surface area contributed by atoms with E-state index in [1.807, 2.05) is 26.0 Å². The predicted octanol–water partition coefficient (Wildman–Crippen LogP) is 6.06. The smallest absolute Gasteiger partial charge is 0.237 e. The second kappa shape index (κ2) is 11.7. The van der Waals surface area contributed by atoms with Crippen molar-refractivity contribution < 1.29 is 21.6 Å². The third kappa shape index (κ3) is 6.79. The summed E-state index contributed by atoms with van der Waals surface area (Å²) in [4.78, 5) is 9.16. The molecule has 3 aromatic carbocycles. The van der Waals surface area contributed by atoms with Gasteiger partial charge in [0.2, 0.25) is 16.0 Å². The Hall–Kier alpha value is -3.70. The molecule has 0 spiro atoms. The van der Waals surface area contributed by atoms with Gasteiger partial charge in [-0.3, -0.25) is 4.72 Å². The lowest BCUT2D eigenvalue weighted by Gasteiger charge is -2.26. The molecule has 1 fully saturated rings. The molecule has 7 nitrogen and oxygen atoms in total. The minimum Gasteiger partial charge on any atom is -0.350 e. The Balaban J connectivity index is 1.39. The van der Waals surface area contributed by atoms with Gasteiger partial charge in [-0.05, 0) is 77.1 Å². The molecule has 41 heavy (non-hydrogen) atoms. The topological polar surface area (TPSA) is 96.0 Å². The maximum Gasteiger partial charge on any atom is 0.237 e. The lowest BCUT2D eigenvalue weighted by molar-refractivity contribution is 0.254. The zero-order valence-electron chi connectivity index (χ0n) is 23.0. The average molecular weight is 584 g/mol. The summed E-state index contributed by atoms with van der Waals surface area (Å²) in [6, 6.07) is 11.9. The lowest BCUT2D eigenvalue weighted by Crippen LogP contribution is -2.44. The third-order valence-corrected chi connectivity index (χ3v) is 8.40. The van der Waals surface area contributed by atoms with E-state index in [4.69, 9.17) is 4.98 Å². The average Bonchev–Trinajstić information content (AvgIpc) is 2.90. The van der Waals surface area contributed by atoms with Gasteiger partial charge in [-0.1, -0.05) is 26.0 Å². The number of halogens is 3. The molecule has 0 saturated carbocycles. The summed E-state index contributed by atoms with van der Waals surface area (Å²) < 4.78 is 70.1. The predicted molar refractivity (Wildman–Crippen MR) is 156 cm³/mol. The number of alkyl halides is 1. The maximum absolute atomic E-state index is 15.2. The van der Waals surface area contributed by atoms with Crippen molar-refractivity contribution in [2.75, 3.05) is 23.1 Å². The first-order valence-electron chi connectivity index (χ1n) is 13.4. The summed E-state index contributed by atoms with van der Waals surface area (Å²) in [5.41, 5.74) is 3.73. The van der Waals surface area contributed by atoms with Gasteiger partial charge < -0.3 is 10.6 Å². The van der Waals surface area contributed by atoms with Crippen molar-refractivity contribution in [3.8, 4) is 11.1 Å². The first kappa shape index (κ1) is 28.8. The van der Waals surface area contributed by atoms with Crippen molar-refractivity contribution in [3.63, 3.8) is 0 Å². The van der Waals surface area contributed by atoms with E-state index in [1.54, 1.807) is 19.2 Å². The molecule has 1 saturated heterocycles. The summed E-state index contributed by atoms with van der Waals surface area (Å²) >= 11 is 0. The van der Waals surface area contributed by atoms with Crippen LogP contribution in [0.25, 0.3) is 22.0 Å². The van der Waals surface area contributed by atoms with Crippen LogP contribution in [0.4, 0.5) is 24.8 Å². The van der Waals surface area contributed by atoms with Crippen LogP contribution in [0, 0.1) is 18.6 Å². The molecule has 11 heteroatoms. The van der Waals surface area contributed by atoms with Gasteiger partial charge >= 0.3 is 0 Å². The molecule has 1 aliphatic heterocycles. The van der Waals surface area contributed by atoms with Crippen LogP contribution in [0.15, 0.2) is 54.7 Å². The van der Waals surface area contributed by atoms with E-state index in [9.17, 15) is 17.2 Å². The van der Waals surface area contributed by atoms with Gasteiger partial charge in [-0.2, -0.15) is 0 Å². The van der Waals surface area contributed by atoms with Crippen LogP contribution in [-0.2, 0) is 15.8 Å². The van der Waals surface area contributed by atoms with Gasteiger partial charge in [0.1, 0.15) is 17.8 Å². The quantitative estimate of drug-likeness (QED) is 0.233. The van der Waals surface area contributed by atoms with E-state index in [1.165, 1.54) is 30.3 Å². The molecule has 1 aliphatic rings. The number of nitrogens with one attached hydrogen (secondary N) is 3. The Morgan fingerprint density at radius 3 is 2.56 bits per heavy atom. The van der Waals surface area contributed by atoms with Crippen molar-refractivity contribution in [1.82, 2.24) is 15.3 Å². The van der Waals surface area contributed by atoms with Gasteiger partial charge in [-0.15, -0.1) is 0 Å². The molecule has 0 bridgehead atoms. The number of aryl methyl sites for hydroxylation is 1. The molecule has 2 heterocycles. The largest absolute Gasteiger partial charge is 0.350 e. The van der Waals surface area contributed by atoms with Crippen LogP contribution < -0.4 is 15.4 Å². The van der Waals surface area contributed by atoms with E-state index in [0.717, 1.165) is 22.0 Å². The van der Waals surface area contributed by atoms with Crippen LogP contribution in [0.2, 0.25) is 0 Å². The molecule has 0 aliphatic carbocycles. The monoisotopic (exact) mass is 583 g/mol. The molecule has 3 N–H and O–H groups in total. The number of benzene rings is 3. The Morgan fingerprint density at radius 1 is 1.05 bits per heavy atom. The number of hydrogen-bond acceptors (Lipinski definition) is 6. The summed E-state index contributed by atoms with van der Waals surface area (Å²) in [7, 11) is -3.95. The maximum atomic E-state index is 15.2. The van der Waals surface area contributed by atoms with E-state index < -0.39 is 33.6 Å². The zero-order chi connectivity index (χ0) is 29.3. The summed E-state index contributed by atoms with van der Waals surface area (Å²) in [6.07, 6.45) is 1.16. The second-order valence-electron chi connectivity index (χ2n) is 10.8. The van der Waals surface area contributed by atoms with Gasteiger partial charge in [0.15, 0.2) is 0 Å². The molecule has 216 valence electrons. The number of fused-ring (bicyclic) bond motifs is 1. The number of piperidine rings is 1. The van der Waals surface area contributed by atoms with E-state index in [-0.39, 0.29) is 17.6 Å². The highest BCUT2D eigenvalue weighted by molar-refractivity contribution is 7.91. The fourth-order valence-electron chi connectivity index (χ4n) is 5.04. The number of rotatable bonds is 8. The van der Waals surface area contributed by atoms with E-state index in [2.05, 4.69) is 20.3 Å². The van der Waals surface area contributed by atoms with Crippen molar-refractivity contribution in [2.45, 2.75) is 51.1 Å². The number of hydrogen-bond donors (Lipinski definition) is 3. The third-order valence-electron chi connectivity index (χ3n) is 7.18. The number of nitrogens with zero attached hydrogens (tertiary/aromatic N) is 2. The lowest BCUT2D eigenvalue weighted by atomic mass is 9.94. The molecular formula is C30H32F3N5O2S. The summed E-state index contributed by atoms with van der Waals surface area (Å²) in [5.74, 6) is -1.07. The molecule has 5 rings (SSSR count). The van der Waals surface area contributed by atoms with Crippen molar-refractivity contribution in [2.24, 2.45) is 0 Å². The second-order valence-corrected chi connectivity index (χ2v) is 12.5. The number of sulfonamides is 1. The van der Waals surface area contributed by atoms with Crippen LogP contribution in [0.1, 0.15) is 42.9 Å². The van der Waals surface area contributed by atoms with Gasteiger partial charge in [0.05, 0.1) is 17.0 Å². The van der Waals surface area contributed by atoms with Crippen LogP contribution in [0.3, 0.4) is 0 Å². The minimum absolute atomic E-state index is 0.0950. The summed E-state index contributed by atoms with van der Waals surface area (Å²) in [6.45, 7) is 6.67. The molecule has 0 unspecified atom stereocenters. The fraction of sp³-hybridized carbons (Fsp3) is 0.333. The first-order valence-corrected chi connectivity index (χ1v) is 15.1. The molecule has 0 radical (unpaired) electrons. The van der Waals surface area contributed by atoms with Gasteiger partial charge in [0, 0.05) is 37.1 Å². The molecular weight excluding hydrogens is 551 g/mol. The van der Waals surface area contributed by atoms with Crippen LogP contribution in [-0.4, -0.2) is 43.7 Å². The normalized spacial score (nSPS) is 17.6. The van der Waals surface area contributed by atoms with Gasteiger partial charge in [0.25, 0.3) is 0 Å². The Bertz CT molecular complexity index is 1700. The minimum atomic E-state index is -3.95. The van der Waals surface area contributed by atoms with Crippen molar-refractivity contribution in [3.05, 3.63) is 83.1 Å². The SMILES string of the molecule is Cc1cc(F)ccc1CS(=O)(=O)Nc1ccc(-c2cc(C(C)C)c3nc(N[C@@H]4CNC[C@@H](F)C4)ncc3c2)cc1F. The number of aromatic nitrogens is 2.